The third-order valence-electron chi connectivity index (χ3n) is 3.32. The summed E-state index contributed by atoms with van der Waals surface area (Å²) in [7, 11) is 0. The summed E-state index contributed by atoms with van der Waals surface area (Å²) in [6.45, 7) is 0.0157. The van der Waals surface area contributed by atoms with Gasteiger partial charge in [0.2, 0.25) is 0 Å². The normalized spacial score (nSPS) is 13.2. The summed E-state index contributed by atoms with van der Waals surface area (Å²) in [5, 5.41) is 8.85. The highest BCUT2D eigenvalue weighted by Crippen LogP contribution is 2.31. The van der Waals surface area contributed by atoms with Crippen molar-refractivity contribution in [1.82, 2.24) is 0 Å². The Morgan fingerprint density at radius 3 is 1.81 bits per heavy atom. The summed E-state index contributed by atoms with van der Waals surface area (Å²) < 4.78 is 37.5. The minimum Gasteiger partial charge on any atom is -0.396 e. The third kappa shape index (κ3) is 3.83. The van der Waals surface area contributed by atoms with E-state index in [1.165, 1.54) is 12.1 Å². The van der Waals surface area contributed by atoms with E-state index >= 15 is 0 Å². The third-order valence-corrected chi connectivity index (χ3v) is 3.32. The highest BCUT2D eigenvalue weighted by molar-refractivity contribution is 5.64. The molecular weight excluding hydrogens is 279 g/mol. The Labute approximate surface area is 121 Å². The summed E-state index contributed by atoms with van der Waals surface area (Å²) in [5.74, 6) is 0. The van der Waals surface area contributed by atoms with Gasteiger partial charge in [0.1, 0.15) is 0 Å². The van der Waals surface area contributed by atoms with Crippen LogP contribution in [0.1, 0.15) is 23.6 Å². The van der Waals surface area contributed by atoms with Crippen LogP contribution in [-0.4, -0.2) is 11.7 Å². The van der Waals surface area contributed by atoms with Crippen molar-refractivity contribution >= 4 is 0 Å². The van der Waals surface area contributed by atoms with Crippen molar-refractivity contribution in [3.05, 3.63) is 59.7 Å². The van der Waals surface area contributed by atoms with Gasteiger partial charge in [-0.2, -0.15) is 13.2 Å². The van der Waals surface area contributed by atoms with Crippen molar-refractivity contribution in [2.24, 2.45) is 5.73 Å². The second kappa shape index (κ2) is 6.28. The topological polar surface area (TPSA) is 46.2 Å². The molecule has 0 bridgehead atoms. The van der Waals surface area contributed by atoms with Crippen LogP contribution >= 0.6 is 0 Å². The first-order valence-corrected chi connectivity index (χ1v) is 6.56. The van der Waals surface area contributed by atoms with Gasteiger partial charge in [0.15, 0.2) is 0 Å². The molecular formula is C16H16F3NO. The molecule has 112 valence electrons. The van der Waals surface area contributed by atoms with Crippen molar-refractivity contribution in [2.75, 3.05) is 6.61 Å². The summed E-state index contributed by atoms with van der Waals surface area (Å²) in [6, 6.07) is 12.1. The summed E-state index contributed by atoms with van der Waals surface area (Å²) >= 11 is 0. The summed E-state index contributed by atoms with van der Waals surface area (Å²) in [4.78, 5) is 0. The minimum absolute atomic E-state index is 0.0157. The standard InChI is InChI=1S/C16H16F3NO/c17-16(18,19)14-7-5-12(6-8-14)11-1-3-13(4-2-11)15(20)9-10-21/h1-8,15,21H,9-10,20H2/t15-/m1/s1. The predicted molar refractivity (Wildman–Crippen MR) is 75.5 cm³/mol. The average Bonchev–Trinajstić information content (AvgIpc) is 2.47. The molecule has 21 heavy (non-hydrogen) atoms. The van der Waals surface area contributed by atoms with Crippen LogP contribution < -0.4 is 5.73 Å². The van der Waals surface area contributed by atoms with Gasteiger partial charge in [0.25, 0.3) is 0 Å². The van der Waals surface area contributed by atoms with E-state index in [9.17, 15) is 13.2 Å². The number of benzene rings is 2. The first-order valence-electron chi connectivity index (χ1n) is 6.56. The van der Waals surface area contributed by atoms with Gasteiger partial charge in [-0.25, -0.2) is 0 Å². The van der Waals surface area contributed by atoms with E-state index < -0.39 is 11.7 Å². The first kappa shape index (κ1) is 15.5. The quantitative estimate of drug-likeness (QED) is 0.902. The van der Waals surface area contributed by atoms with Crippen LogP contribution in [0.2, 0.25) is 0 Å². The molecule has 0 saturated heterocycles. The molecule has 1 atom stereocenters. The van der Waals surface area contributed by atoms with Crippen molar-refractivity contribution in [3.8, 4) is 11.1 Å². The van der Waals surface area contributed by atoms with E-state index in [4.69, 9.17) is 10.8 Å². The van der Waals surface area contributed by atoms with Gasteiger partial charge in [-0.05, 0) is 35.2 Å². The van der Waals surface area contributed by atoms with Crippen molar-refractivity contribution in [3.63, 3.8) is 0 Å². The van der Waals surface area contributed by atoms with Crippen LogP contribution in [-0.2, 0) is 6.18 Å². The fourth-order valence-electron chi connectivity index (χ4n) is 2.08. The molecule has 0 amide bonds. The van der Waals surface area contributed by atoms with Crippen LogP contribution in [0.4, 0.5) is 13.2 Å². The molecule has 2 aromatic rings. The molecule has 0 aliphatic rings. The number of rotatable bonds is 4. The van der Waals surface area contributed by atoms with Crippen LogP contribution in [0.25, 0.3) is 11.1 Å². The lowest BCUT2D eigenvalue weighted by Crippen LogP contribution is -2.11. The van der Waals surface area contributed by atoms with Crippen molar-refractivity contribution in [2.45, 2.75) is 18.6 Å². The summed E-state index contributed by atoms with van der Waals surface area (Å²) in [5.41, 5.74) is 7.64. The van der Waals surface area contributed by atoms with Gasteiger partial charge in [0, 0.05) is 12.6 Å². The molecule has 0 spiro atoms. The van der Waals surface area contributed by atoms with E-state index in [1.54, 1.807) is 0 Å². The van der Waals surface area contributed by atoms with E-state index in [0.717, 1.165) is 23.3 Å². The predicted octanol–water partition coefficient (Wildman–Crippen LogP) is 3.75. The second-order valence-corrected chi connectivity index (χ2v) is 4.82. The van der Waals surface area contributed by atoms with Crippen LogP contribution in [0.5, 0.6) is 0 Å². The van der Waals surface area contributed by atoms with E-state index in [1.807, 2.05) is 24.3 Å². The number of halogens is 3. The SMILES string of the molecule is N[C@H](CCO)c1ccc(-c2ccc(C(F)(F)F)cc2)cc1. The Bertz CT molecular complexity index is 576. The van der Waals surface area contributed by atoms with Gasteiger partial charge < -0.3 is 10.8 Å². The van der Waals surface area contributed by atoms with Gasteiger partial charge in [-0.1, -0.05) is 36.4 Å². The monoisotopic (exact) mass is 295 g/mol. The molecule has 2 nitrogen and oxygen atoms in total. The molecule has 0 aliphatic heterocycles. The number of aliphatic hydroxyl groups is 1. The molecule has 2 rings (SSSR count). The fourth-order valence-corrected chi connectivity index (χ4v) is 2.08. The lowest BCUT2D eigenvalue weighted by Gasteiger charge is -2.11. The Morgan fingerprint density at radius 1 is 0.905 bits per heavy atom. The lowest BCUT2D eigenvalue weighted by molar-refractivity contribution is -0.137. The van der Waals surface area contributed by atoms with E-state index in [-0.39, 0.29) is 12.6 Å². The highest BCUT2D eigenvalue weighted by atomic mass is 19.4. The van der Waals surface area contributed by atoms with Crippen LogP contribution in [0, 0.1) is 0 Å². The highest BCUT2D eigenvalue weighted by Gasteiger charge is 2.29. The molecule has 3 N–H and O–H groups in total. The van der Waals surface area contributed by atoms with Crippen molar-refractivity contribution in [1.29, 1.82) is 0 Å². The smallest absolute Gasteiger partial charge is 0.396 e. The fraction of sp³-hybridized carbons (Fsp3) is 0.250. The maximum Gasteiger partial charge on any atom is 0.416 e. The molecule has 5 heteroatoms. The number of aliphatic hydroxyl groups excluding tert-OH is 1. The number of nitrogens with two attached hydrogens (primary N) is 1. The molecule has 2 aromatic carbocycles. The Kier molecular flexibility index (Phi) is 4.65. The average molecular weight is 295 g/mol. The molecule has 0 aromatic heterocycles. The first-order chi connectivity index (χ1) is 9.91. The van der Waals surface area contributed by atoms with Gasteiger partial charge >= 0.3 is 6.18 Å². The van der Waals surface area contributed by atoms with E-state index in [0.29, 0.717) is 12.0 Å². The van der Waals surface area contributed by atoms with Crippen LogP contribution in [0.15, 0.2) is 48.5 Å². The Morgan fingerprint density at radius 2 is 1.38 bits per heavy atom. The molecule has 0 fully saturated rings. The molecule has 0 aliphatic carbocycles. The Hall–Kier alpha value is -1.85. The van der Waals surface area contributed by atoms with E-state index in [2.05, 4.69) is 0 Å². The number of hydrogen-bond acceptors (Lipinski definition) is 2. The zero-order chi connectivity index (χ0) is 15.5. The van der Waals surface area contributed by atoms with Crippen LogP contribution in [0.3, 0.4) is 0 Å². The molecule has 0 radical (unpaired) electrons. The number of alkyl halides is 3. The largest absolute Gasteiger partial charge is 0.416 e. The lowest BCUT2D eigenvalue weighted by atomic mass is 9.99. The number of hydrogen-bond donors (Lipinski definition) is 2. The Balaban J connectivity index is 2.19. The molecule has 0 saturated carbocycles. The minimum atomic E-state index is -4.32. The maximum absolute atomic E-state index is 12.5. The van der Waals surface area contributed by atoms with Gasteiger partial charge in [0.05, 0.1) is 5.56 Å². The summed E-state index contributed by atoms with van der Waals surface area (Å²) in [6.07, 6.45) is -3.85. The zero-order valence-corrected chi connectivity index (χ0v) is 11.3. The second-order valence-electron chi connectivity index (χ2n) is 4.82. The molecule has 0 unspecified atom stereocenters. The maximum atomic E-state index is 12.5. The van der Waals surface area contributed by atoms with Gasteiger partial charge in [-0.3, -0.25) is 0 Å². The zero-order valence-electron chi connectivity index (χ0n) is 11.3. The van der Waals surface area contributed by atoms with Crippen molar-refractivity contribution < 1.29 is 18.3 Å². The molecule has 0 heterocycles. The van der Waals surface area contributed by atoms with Gasteiger partial charge in [-0.15, -0.1) is 0 Å².